The third-order valence-electron chi connectivity index (χ3n) is 3.55. The number of halogens is 1. The normalized spacial score (nSPS) is 16.1. The van der Waals surface area contributed by atoms with E-state index in [1.54, 1.807) is 25.4 Å². The summed E-state index contributed by atoms with van der Waals surface area (Å²) in [6.07, 6.45) is 3.44. The third-order valence-corrected chi connectivity index (χ3v) is 5.24. The number of rotatable bonds is 5. The lowest BCUT2D eigenvalue weighted by molar-refractivity contribution is 0.378. The lowest BCUT2D eigenvalue weighted by Gasteiger charge is -2.35. The van der Waals surface area contributed by atoms with Gasteiger partial charge in [0.2, 0.25) is 5.95 Å². The molecular formula is C13H23IN6O2S. The molecule has 1 saturated heterocycles. The zero-order chi connectivity index (χ0) is 16.0. The summed E-state index contributed by atoms with van der Waals surface area (Å²) in [5, 5.41) is 0. The maximum absolute atomic E-state index is 11.4. The van der Waals surface area contributed by atoms with Gasteiger partial charge in [0.05, 0.1) is 12.3 Å². The average Bonchev–Trinajstić information content (AvgIpc) is 2.55. The highest BCUT2D eigenvalue weighted by Gasteiger charge is 2.19. The molecule has 1 aliphatic rings. The molecule has 2 heterocycles. The summed E-state index contributed by atoms with van der Waals surface area (Å²) in [5.41, 5.74) is 5.93. The molecule has 1 aromatic heterocycles. The molecule has 1 fully saturated rings. The van der Waals surface area contributed by atoms with Crippen molar-refractivity contribution in [3.63, 3.8) is 0 Å². The zero-order valence-corrected chi connectivity index (χ0v) is 16.3. The molecular weight excluding hydrogens is 431 g/mol. The van der Waals surface area contributed by atoms with Crippen molar-refractivity contribution in [3.05, 3.63) is 18.5 Å². The lowest BCUT2D eigenvalue weighted by Crippen LogP contribution is -2.51. The molecule has 0 amide bonds. The molecule has 2 N–H and O–H groups in total. The Labute approximate surface area is 154 Å². The fourth-order valence-electron chi connectivity index (χ4n) is 2.13. The fourth-order valence-corrected chi connectivity index (χ4v) is 2.79. The van der Waals surface area contributed by atoms with Crippen LogP contribution in [0, 0.1) is 0 Å². The van der Waals surface area contributed by atoms with Gasteiger partial charge in [-0.3, -0.25) is 4.99 Å². The fraction of sp³-hybridized carbons (Fsp3) is 0.615. The second-order valence-electron chi connectivity index (χ2n) is 5.00. The van der Waals surface area contributed by atoms with Crippen molar-refractivity contribution in [1.29, 1.82) is 0 Å². The van der Waals surface area contributed by atoms with Gasteiger partial charge >= 0.3 is 0 Å². The van der Waals surface area contributed by atoms with E-state index < -0.39 is 9.84 Å². The van der Waals surface area contributed by atoms with Crippen LogP contribution in [-0.2, 0) is 9.84 Å². The van der Waals surface area contributed by atoms with E-state index in [4.69, 9.17) is 5.73 Å². The monoisotopic (exact) mass is 454 g/mol. The molecule has 10 heteroatoms. The van der Waals surface area contributed by atoms with E-state index >= 15 is 0 Å². The molecule has 1 aliphatic heterocycles. The number of guanidine groups is 1. The minimum Gasteiger partial charge on any atom is -0.370 e. The van der Waals surface area contributed by atoms with Gasteiger partial charge in [0.1, 0.15) is 0 Å². The molecule has 0 spiro atoms. The average molecular weight is 454 g/mol. The number of piperazine rings is 1. The number of anilines is 1. The van der Waals surface area contributed by atoms with E-state index in [-0.39, 0.29) is 42.0 Å². The Kier molecular flexibility index (Phi) is 7.95. The van der Waals surface area contributed by atoms with Crippen LogP contribution in [0.1, 0.15) is 6.92 Å². The van der Waals surface area contributed by atoms with Crippen LogP contribution in [0.5, 0.6) is 0 Å². The van der Waals surface area contributed by atoms with Crippen LogP contribution >= 0.6 is 24.0 Å². The number of nitrogens with two attached hydrogens (primary N) is 1. The highest BCUT2D eigenvalue weighted by atomic mass is 127. The summed E-state index contributed by atoms with van der Waals surface area (Å²) in [6, 6.07) is 1.79. The Morgan fingerprint density at radius 2 is 1.87 bits per heavy atom. The van der Waals surface area contributed by atoms with Gasteiger partial charge in [0, 0.05) is 44.3 Å². The van der Waals surface area contributed by atoms with Crippen LogP contribution in [0.25, 0.3) is 0 Å². The summed E-state index contributed by atoms with van der Waals surface area (Å²) in [6.45, 7) is 4.79. The number of sulfone groups is 1. The summed E-state index contributed by atoms with van der Waals surface area (Å²) in [5.74, 6) is 1.30. The van der Waals surface area contributed by atoms with Gasteiger partial charge in [-0.1, -0.05) is 6.92 Å². The first-order valence-electron chi connectivity index (χ1n) is 7.29. The van der Waals surface area contributed by atoms with Crippen LogP contribution in [-0.4, -0.2) is 73.5 Å². The first-order valence-corrected chi connectivity index (χ1v) is 9.11. The van der Waals surface area contributed by atoms with Crippen molar-refractivity contribution in [2.75, 3.05) is 49.1 Å². The predicted octanol–water partition coefficient (Wildman–Crippen LogP) is -0.0340. The molecule has 0 saturated carbocycles. The Bertz CT molecular complexity index is 602. The highest BCUT2D eigenvalue weighted by molar-refractivity contribution is 14.0. The SMILES string of the molecule is CCS(=O)(=O)CCN=C(N)N1CCN(c2ncccn2)CC1.I. The van der Waals surface area contributed by atoms with E-state index in [1.807, 2.05) is 4.90 Å². The van der Waals surface area contributed by atoms with Crippen molar-refractivity contribution in [3.8, 4) is 0 Å². The van der Waals surface area contributed by atoms with Gasteiger partial charge in [-0.15, -0.1) is 24.0 Å². The standard InChI is InChI=1S/C13H22N6O2S.HI/c1-2-22(20,21)11-6-15-12(14)18-7-9-19(10-8-18)13-16-4-3-5-17-13;/h3-5H,2,6-11H2,1H3,(H2,14,15);1H. The molecule has 0 radical (unpaired) electrons. The lowest BCUT2D eigenvalue weighted by atomic mass is 10.3. The summed E-state index contributed by atoms with van der Waals surface area (Å²) < 4.78 is 22.8. The minimum atomic E-state index is -3.00. The largest absolute Gasteiger partial charge is 0.370 e. The summed E-state index contributed by atoms with van der Waals surface area (Å²) >= 11 is 0. The first kappa shape index (κ1) is 19.9. The number of hydrogen-bond acceptors (Lipinski definition) is 6. The van der Waals surface area contributed by atoms with Gasteiger partial charge in [-0.2, -0.15) is 0 Å². The molecule has 0 aliphatic carbocycles. The Balaban J connectivity index is 0.00000264. The van der Waals surface area contributed by atoms with Crippen molar-refractivity contribution in [2.45, 2.75) is 6.92 Å². The zero-order valence-electron chi connectivity index (χ0n) is 13.1. The van der Waals surface area contributed by atoms with Crippen molar-refractivity contribution in [1.82, 2.24) is 14.9 Å². The molecule has 0 atom stereocenters. The van der Waals surface area contributed by atoms with E-state index in [0.29, 0.717) is 25.0 Å². The maximum atomic E-state index is 11.4. The van der Waals surface area contributed by atoms with Crippen LogP contribution in [0.4, 0.5) is 5.95 Å². The van der Waals surface area contributed by atoms with Crippen molar-refractivity contribution >= 4 is 45.7 Å². The second kappa shape index (κ2) is 9.21. The molecule has 0 unspecified atom stereocenters. The van der Waals surface area contributed by atoms with E-state index in [1.165, 1.54) is 0 Å². The summed E-state index contributed by atoms with van der Waals surface area (Å²) in [4.78, 5) is 16.7. The predicted molar refractivity (Wildman–Crippen MR) is 102 cm³/mol. The highest BCUT2D eigenvalue weighted by Crippen LogP contribution is 2.09. The Morgan fingerprint density at radius 1 is 1.26 bits per heavy atom. The third kappa shape index (κ3) is 6.09. The Hall–Kier alpha value is -1.17. The molecule has 0 aromatic carbocycles. The van der Waals surface area contributed by atoms with Crippen LogP contribution in [0.15, 0.2) is 23.5 Å². The van der Waals surface area contributed by atoms with Gasteiger partial charge in [-0.25, -0.2) is 18.4 Å². The quantitative estimate of drug-likeness (QED) is 0.379. The van der Waals surface area contributed by atoms with Gasteiger partial charge in [0.25, 0.3) is 0 Å². The Morgan fingerprint density at radius 3 is 2.43 bits per heavy atom. The molecule has 8 nitrogen and oxygen atoms in total. The van der Waals surface area contributed by atoms with Crippen LogP contribution < -0.4 is 10.6 Å². The molecule has 0 bridgehead atoms. The number of nitrogens with zero attached hydrogens (tertiary/aromatic N) is 5. The molecule has 23 heavy (non-hydrogen) atoms. The van der Waals surface area contributed by atoms with E-state index in [9.17, 15) is 8.42 Å². The second-order valence-corrected chi connectivity index (χ2v) is 7.47. The topological polar surface area (TPSA) is 105 Å². The van der Waals surface area contributed by atoms with Gasteiger partial charge < -0.3 is 15.5 Å². The molecule has 2 rings (SSSR count). The van der Waals surface area contributed by atoms with Gasteiger partial charge in [0.15, 0.2) is 15.8 Å². The smallest absolute Gasteiger partial charge is 0.225 e. The number of aromatic nitrogens is 2. The van der Waals surface area contributed by atoms with Gasteiger partial charge in [-0.05, 0) is 6.07 Å². The molecule has 1 aromatic rings. The van der Waals surface area contributed by atoms with E-state index in [0.717, 1.165) is 13.1 Å². The van der Waals surface area contributed by atoms with Crippen LogP contribution in [0.2, 0.25) is 0 Å². The number of hydrogen-bond donors (Lipinski definition) is 1. The van der Waals surface area contributed by atoms with Crippen LogP contribution in [0.3, 0.4) is 0 Å². The van der Waals surface area contributed by atoms with Crippen molar-refractivity contribution < 1.29 is 8.42 Å². The van der Waals surface area contributed by atoms with Crippen molar-refractivity contribution in [2.24, 2.45) is 10.7 Å². The molecule has 130 valence electrons. The number of aliphatic imine (C=N–C) groups is 1. The van der Waals surface area contributed by atoms with E-state index in [2.05, 4.69) is 19.9 Å². The minimum absolute atomic E-state index is 0. The first-order chi connectivity index (χ1) is 10.5. The summed E-state index contributed by atoms with van der Waals surface area (Å²) in [7, 11) is -3.00. The maximum Gasteiger partial charge on any atom is 0.225 e.